The first kappa shape index (κ1) is 24.7. The van der Waals surface area contributed by atoms with Crippen LogP contribution >= 0.6 is 0 Å². The van der Waals surface area contributed by atoms with Crippen LogP contribution in [0.1, 0.15) is 107 Å². The Bertz CT molecular complexity index is 178. The molecule has 0 fully saturated rings. The maximum atomic E-state index is 2.52. The first-order valence-corrected chi connectivity index (χ1v) is 9.39. The Hall–Kier alpha value is -0.260. The topological polar surface area (TPSA) is 0 Å². The molecule has 0 aliphatic rings. The molecule has 2 unspecified atom stereocenters. The molecule has 0 saturated carbocycles. The summed E-state index contributed by atoms with van der Waals surface area (Å²) in [5.41, 5.74) is 1.73. The molecule has 0 aromatic carbocycles. The van der Waals surface area contributed by atoms with E-state index < -0.39 is 0 Å². The predicted octanol–water partition coefficient (Wildman–Crippen LogP) is 8.03. The summed E-state index contributed by atoms with van der Waals surface area (Å²) in [5.74, 6) is 1.70. The standard InChI is InChI=1S/C16H32.2C2H6/c1-6-10-12-15(9-4)16(13-11-7-2)14(5)8-3;2*1-2/h12,14,16H,6-11,13H2,1-5H3;2*1-2H3/b15-12+;;. The van der Waals surface area contributed by atoms with E-state index >= 15 is 0 Å². The van der Waals surface area contributed by atoms with Gasteiger partial charge in [-0.15, -0.1) is 0 Å². The summed E-state index contributed by atoms with van der Waals surface area (Å²) in [6, 6.07) is 0. The van der Waals surface area contributed by atoms with Crippen LogP contribution in [-0.2, 0) is 0 Å². The molecule has 2 atom stereocenters. The minimum absolute atomic E-state index is 0.849. The van der Waals surface area contributed by atoms with Crippen LogP contribution in [0.25, 0.3) is 0 Å². The normalized spacial score (nSPS) is 13.6. The summed E-state index contributed by atoms with van der Waals surface area (Å²) in [6.07, 6.45) is 11.8. The Morgan fingerprint density at radius 3 is 1.80 bits per heavy atom. The predicted molar refractivity (Wildman–Crippen MR) is 98.4 cm³/mol. The molecule has 0 spiro atoms. The van der Waals surface area contributed by atoms with Crippen molar-refractivity contribution in [2.24, 2.45) is 11.8 Å². The summed E-state index contributed by atoms with van der Waals surface area (Å²) in [6.45, 7) is 19.7. The van der Waals surface area contributed by atoms with Gasteiger partial charge < -0.3 is 0 Å². The van der Waals surface area contributed by atoms with Crippen LogP contribution in [0.5, 0.6) is 0 Å². The monoisotopic (exact) mass is 284 g/mol. The van der Waals surface area contributed by atoms with E-state index in [2.05, 4.69) is 40.7 Å². The molecule has 0 aromatic rings. The lowest BCUT2D eigenvalue weighted by Gasteiger charge is -2.25. The van der Waals surface area contributed by atoms with Crippen molar-refractivity contribution in [2.45, 2.75) is 107 Å². The largest absolute Gasteiger partial charge is 0.0851 e. The maximum absolute atomic E-state index is 2.52. The molecule has 0 amide bonds. The fraction of sp³-hybridized carbons (Fsp3) is 0.900. The first-order valence-electron chi connectivity index (χ1n) is 9.39. The van der Waals surface area contributed by atoms with Gasteiger partial charge in [0, 0.05) is 0 Å². The molecule has 124 valence electrons. The van der Waals surface area contributed by atoms with Crippen molar-refractivity contribution in [1.82, 2.24) is 0 Å². The van der Waals surface area contributed by atoms with Crippen molar-refractivity contribution >= 4 is 0 Å². The van der Waals surface area contributed by atoms with E-state index in [1.807, 2.05) is 27.7 Å². The molecule has 0 aliphatic heterocycles. The summed E-state index contributed by atoms with van der Waals surface area (Å²) in [4.78, 5) is 0. The zero-order chi connectivity index (χ0) is 16.4. The van der Waals surface area contributed by atoms with E-state index in [-0.39, 0.29) is 0 Å². The van der Waals surface area contributed by atoms with Crippen molar-refractivity contribution in [3.63, 3.8) is 0 Å². The molecule has 0 radical (unpaired) electrons. The lowest BCUT2D eigenvalue weighted by Crippen LogP contribution is -2.14. The van der Waals surface area contributed by atoms with Crippen LogP contribution in [0.2, 0.25) is 0 Å². The minimum Gasteiger partial charge on any atom is -0.0851 e. The van der Waals surface area contributed by atoms with Crippen LogP contribution in [0.4, 0.5) is 0 Å². The number of allylic oxidation sites excluding steroid dienone is 2. The number of rotatable bonds is 9. The van der Waals surface area contributed by atoms with Crippen LogP contribution in [0.3, 0.4) is 0 Å². The highest BCUT2D eigenvalue weighted by atomic mass is 14.2. The lowest BCUT2D eigenvalue weighted by molar-refractivity contribution is 0.358. The third-order valence-corrected chi connectivity index (χ3v) is 3.78. The van der Waals surface area contributed by atoms with Crippen molar-refractivity contribution in [2.75, 3.05) is 0 Å². The molecule has 20 heavy (non-hydrogen) atoms. The highest BCUT2D eigenvalue weighted by Crippen LogP contribution is 2.30. The van der Waals surface area contributed by atoms with Gasteiger partial charge in [0.15, 0.2) is 0 Å². The van der Waals surface area contributed by atoms with Crippen molar-refractivity contribution in [3.8, 4) is 0 Å². The molecule has 0 saturated heterocycles. The average molecular weight is 285 g/mol. The Morgan fingerprint density at radius 1 is 0.900 bits per heavy atom. The maximum Gasteiger partial charge on any atom is -0.0178 e. The zero-order valence-electron chi connectivity index (χ0n) is 16.2. The second-order valence-corrected chi connectivity index (χ2v) is 5.06. The van der Waals surface area contributed by atoms with Gasteiger partial charge in [-0.05, 0) is 31.1 Å². The van der Waals surface area contributed by atoms with Gasteiger partial charge in [0.05, 0.1) is 0 Å². The molecular formula is C20H44. The Labute approximate surface area is 131 Å². The smallest absolute Gasteiger partial charge is 0.0178 e. The summed E-state index contributed by atoms with van der Waals surface area (Å²) in [5, 5.41) is 0. The second kappa shape index (κ2) is 21.0. The third-order valence-electron chi connectivity index (χ3n) is 3.78. The van der Waals surface area contributed by atoms with E-state index in [0.717, 1.165) is 11.8 Å². The zero-order valence-corrected chi connectivity index (χ0v) is 16.2. The van der Waals surface area contributed by atoms with Gasteiger partial charge in [-0.1, -0.05) is 99.6 Å². The van der Waals surface area contributed by atoms with Crippen molar-refractivity contribution < 1.29 is 0 Å². The van der Waals surface area contributed by atoms with E-state index in [9.17, 15) is 0 Å². The minimum atomic E-state index is 0.849. The summed E-state index contributed by atoms with van der Waals surface area (Å²) < 4.78 is 0. The second-order valence-electron chi connectivity index (χ2n) is 5.06. The van der Waals surface area contributed by atoms with Gasteiger partial charge in [0.1, 0.15) is 0 Å². The SMILES string of the molecule is CC.CC.CCC/C=C(\CC)C(CCCC)C(C)CC. The van der Waals surface area contributed by atoms with E-state index in [1.165, 1.54) is 44.9 Å². The van der Waals surface area contributed by atoms with Gasteiger partial charge in [0.25, 0.3) is 0 Å². The van der Waals surface area contributed by atoms with Crippen molar-refractivity contribution in [1.29, 1.82) is 0 Å². The van der Waals surface area contributed by atoms with E-state index in [4.69, 9.17) is 0 Å². The number of unbranched alkanes of at least 4 members (excludes halogenated alkanes) is 2. The summed E-state index contributed by atoms with van der Waals surface area (Å²) >= 11 is 0. The molecule has 0 aromatic heterocycles. The molecule has 0 rings (SSSR count). The third kappa shape index (κ3) is 12.8. The Balaban J connectivity index is -0.000000656. The molecule has 0 heteroatoms. The lowest BCUT2D eigenvalue weighted by atomic mass is 9.80. The molecule has 0 aliphatic carbocycles. The van der Waals surface area contributed by atoms with Gasteiger partial charge >= 0.3 is 0 Å². The van der Waals surface area contributed by atoms with Crippen molar-refractivity contribution in [3.05, 3.63) is 11.6 Å². The van der Waals surface area contributed by atoms with Gasteiger partial charge in [0.2, 0.25) is 0 Å². The quantitative estimate of drug-likeness (QED) is 0.376. The fourth-order valence-corrected chi connectivity index (χ4v) is 2.43. The molecular weight excluding hydrogens is 240 g/mol. The molecule has 0 N–H and O–H groups in total. The van der Waals surface area contributed by atoms with Gasteiger partial charge in [-0.2, -0.15) is 0 Å². The average Bonchev–Trinajstić information content (AvgIpc) is 2.53. The molecule has 0 bridgehead atoms. The highest BCUT2D eigenvalue weighted by Gasteiger charge is 2.18. The highest BCUT2D eigenvalue weighted by molar-refractivity contribution is 5.07. The molecule has 0 heterocycles. The number of hydrogen-bond donors (Lipinski definition) is 0. The number of hydrogen-bond acceptors (Lipinski definition) is 0. The van der Waals surface area contributed by atoms with E-state index in [0.29, 0.717) is 0 Å². The van der Waals surface area contributed by atoms with Crippen LogP contribution in [-0.4, -0.2) is 0 Å². The van der Waals surface area contributed by atoms with Crippen LogP contribution < -0.4 is 0 Å². The van der Waals surface area contributed by atoms with Crippen LogP contribution in [0.15, 0.2) is 11.6 Å². The van der Waals surface area contributed by atoms with Gasteiger partial charge in [-0.25, -0.2) is 0 Å². The molecule has 0 nitrogen and oxygen atoms in total. The van der Waals surface area contributed by atoms with Gasteiger partial charge in [-0.3, -0.25) is 0 Å². The first-order chi connectivity index (χ1) is 9.71. The van der Waals surface area contributed by atoms with Crippen LogP contribution in [0, 0.1) is 11.8 Å². The fourth-order valence-electron chi connectivity index (χ4n) is 2.43. The Morgan fingerprint density at radius 2 is 1.45 bits per heavy atom. The summed E-state index contributed by atoms with van der Waals surface area (Å²) in [7, 11) is 0. The van der Waals surface area contributed by atoms with E-state index in [1.54, 1.807) is 5.57 Å². The Kier molecular flexibility index (Phi) is 26.0.